The van der Waals surface area contributed by atoms with Crippen LogP contribution in [0.4, 0.5) is 5.69 Å². The van der Waals surface area contributed by atoms with E-state index >= 15 is 0 Å². The number of nitrogens with zero attached hydrogens (tertiary/aromatic N) is 3. The summed E-state index contributed by atoms with van der Waals surface area (Å²) in [7, 11) is 2.11. The van der Waals surface area contributed by atoms with Crippen LogP contribution in [0.15, 0.2) is 47.0 Å². The first-order valence-electron chi connectivity index (χ1n) is 8.98. The number of piperazine rings is 1. The highest BCUT2D eigenvalue weighted by Crippen LogP contribution is 2.27. The standard InChI is InChI=1S/C20H22N4O3/c1-23-7-9-24(10-8-23)13-16-12-19(22-27-16)20(26)21-18-4-2-3-14-5-6-15(25)11-17(14)18/h2-6,11-12,25H,7-10,13H2,1H3,(H,21,26). The monoisotopic (exact) mass is 366 g/mol. The van der Waals surface area contributed by atoms with Crippen LogP contribution in [0.2, 0.25) is 0 Å². The van der Waals surface area contributed by atoms with Gasteiger partial charge in [0.2, 0.25) is 0 Å². The van der Waals surface area contributed by atoms with Gasteiger partial charge >= 0.3 is 0 Å². The summed E-state index contributed by atoms with van der Waals surface area (Å²) >= 11 is 0. The van der Waals surface area contributed by atoms with Crippen LogP contribution >= 0.6 is 0 Å². The summed E-state index contributed by atoms with van der Waals surface area (Å²) in [6, 6.07) is 12.3. The van der Waals surface area contributed by atoms with Crippen LogP contribution in [-0.4, -0.2) is 59.2 Å². The van der Waals surface area contributed by atoms with E-state index in [1.165, 1.54) is 0 Å². The molecule has 7 nitrogen and oxygen atoms in total. The third-order valence-corrected chi connectivity index (χ3v) is 4.88. The van der Waals surface area contributed by atoms with Crippen molar-refractivity contribution in [2.24, 2.45) is 0 Å². The zero-order chi connectivity index (χ0) is 18.8. The first-order chi connectivity index (χ1) is 13.1. The zero-order valence-corrected chi connectivity index (χ0v) is 15.2. The maximum Gasteiger partial charge on any atom is 0.277 e. The lowest BCUT2D eigenvalue weighted by atomic mass is 10.1. The van der Waals surface area contributed by atoms with Gasteiger partial charge in [-0.3, -0.25) is 9.69 Å². The number of benzene rings is 2. The van der Waals surface area contributed by atoms with Gasteiger partial charge in [-0.2, -0.15) is 0 Å². The predicted octanol–water partition coefficient (Wildman–Crippen LogP) is 2.53. The molecule has 0 unspecified atom stereocenters. The minimum atomic E-state index is -0.334. The summed E-state index contributed by atoms with van der Waals surface area (Å²) < 4.78 is 5.35. The lowest BCUT2D eigenvalue weighted by Crippen LogP contribution is -2.43. The van der Waals surface area contributed by atoms with Crippen molar-refractivity contribution in [3.05, 3.63) is 53.9 Å². The first kappa shape index (κ1) is 17.5. The molecule has 1 aliphatic heterocycles. The number of carbonyl (C=O) groups is 1. The molecule has 4 rings (SSSR count). The topological polar surface area (TPSA) is 81.8 Å². The van der Waals surface area contributed by atoms with Gasteiger partial charge in [0.25, 0.3) is 5.91 Å². The molecule has 0 saturated carbocycles. The molecule has 2 heterocycles. The number of hydrogen-bond donors (Lipinski definition) is 2. The number of aromatic hydroxyl groups is 1. The number of rotatable bonds is 4. The highest BCUT2D eigenvalue weighted by molar-refractivity contribution is 6.08. The van der Waals surface area contributed by atoms with Gasteiger partial charge in [0, 0.05) is 43.3 Å². The Bertz CT molecular complexity index is 961. The Labute approximate surface area is 157 Å². The Morgan fingerprint density at radius 2 is 2.00 bits per heavy atom. The van der Waals surface area contributed by atoms with E-state index in [4.69, 9.17) is 4.52 Å². The van der Waals surface area contributed by atoms with Gasteiger partial charge < -0.3 is 19.8 Å². The Morgan fingerprint density at radius 3 is 2.81 bits per heavy atom. The average molecular weight is 366 g/mol. The van der Waals surface area contributed by atoms with Crippen LogP contribution in [-0.2, 0) is 6.54 Å². The molecule has 1 aromatic heterocycles. The third kappa shape index (κ3) is 3.94. The van der Waals surface area contributed by atoms with Crippen LogP contribution in [0.3, 0.4) is 0 Å². The number of phenolic OH excluding ortho intramolecular Hbond substituents is 1. The van der Waals surface area contributed by atoms with Crippen LogP contribution in [0.5, 0.6) is 5.75 Å². The molecule has 0 aliphatic carbocycles. The number of fused-ring (bicyclic) bond motifs is 1. The second-order valence-corrected chi connectivity index (χ2v) is 6.92. The second kappa shape index (κ2) is 7.38. The molecule has 0 radical (unpaired) electrons. The molecule has 0 atom stereocenters. The zero-order valence-electron chi connectivity index (χ0n) is 15.2. The molecule has 1 fully saturated rings. The maximum atomic E-state index is 12.6. The van der Waals surface area contributed by atoms with Crippen LogP contribution in [0.25, 0.3) is 10.8 Å². The van der Waals surface area contributed by atoms with E-state index < -0.39 is 0 Å². The summed E-state index contributed by atoms with van der Waals surface area (Å²) in [5.74, 6) is 0.500. The number of hydrogen-bond acceptors (Lipinski definition) is 6. The smallest absolute Gasteiger partial charge is 0.277 e. The van der Waals surface area contributed by atoms with Crippen LogP contribution in [0, 0.1) is 0 Å². The fourth-order valence-electron chi connectivity index (χ4n) is 3.28. The van der Waals surface area contributed by atoms with Gasteiger partial charge in [-0.25, -0.2) is 0 Å². The van der Waals surface area contributed by atoms with E-state index in [2.05, 4.69) is 27.3 Å². The largest absolute Gasteiger partial charge is 0.508 e. The highest BCUT2D eigenvalue weighted by atomic mass is 16.5. The quantitative estimate of drug-likeness (QED) is 0.738. The van der Waals surface area contributed by atoms with Crippen molar-refractivity contribution in [1.29, 1.82) is 0 Å². The summed E-state index contributed by atoms with van der Waals surface area (Å²) in [6.07, 6.45) is 0. The average Bonchev–Trinajstić information content (AvgIpc) is 3.13. The van der Waals surface area contributed by atoms with Gasteiger partial charge in [0.1, 0.15) is 5.75 Å². The van der Waals surface area contributed by atoms with E-state index in [0.717, 1.165) is 37.0 Å². The maximum absolute atomic E-state index is 12.6. The van der Waals surface area contributed by atoms with Gasteiger partial charge in [-0.1, -0.05) is 23.4 Å². The summed E-state index contributed by atoms with van der Waals surface area (Å²) in [5, 5.41) is 18.2. The Hall–Kier alpha value is -2.90. The molecular weight excluding hydrogens is 344 g/mol. The van der Waals surface area contributed by atoms with Crippen LogP contribution in [0.1, 0.15) is 16.2 Å². The highest BCUT2D eigenvalue weighted by Gasteiger charge is 2.18. The van der Waals surface area contributed by atoms with E-state index in [1.807, 2.05) is 18.2 Å². The molecule has 1 amide bonds. The van der Waals surface area contributed by atoms with Crippen molar-refractivity contribution >= 4 is 22.4 Å². The van der Waals surface area contributed by atoms with Crippen LogP contribution < -0.4 is 5.32 Å². The third-order valence-electron chi connectivity index (χ3n) is 4.88. The number of nitrogens with one attached hydrogen (secondary N) is 1. The molecule has 27 heavy (non-hydrogen) atoms. The lowest BCUT2D eigenvalue weighted by molar-refractivity contribution is 0.101. The van der Waals surface area contributed by atoms with Crippen molar-refractivity contribution < 1.29 is 14.4 Å². The summed E-state index contributed by atoms with van der Waals surface area (Å²) in [6.45, 7) is 4.64. The second-order valence-electron chi connectivity index (χ2n) is 6.92. The lowest BCUT2D eigenvalue weighted by Gasteiger charge is -2.31. The van der Waals surface area contributed by atoms with Crippen molar-refractivity contribution in [3.8, 4) is 5.75 Å². The van der Waals surface area contributed by atoms with Crippen molar-refractivity contribution in [1.82, 2.24) is 15.0 Å². The molecule has 1 saturated heterocycles. The molecule has 0 spiro atoms. The molecule has 1 aliphatic rings. The predicted molar refractivity (Wildman–Crippen MR) is 103 cm³/mol. The molecule has 140 valence electrons. The van der Waals surface area contributed by atoms with E-state index in [0.29, 0.717) is 18.0 Å². The Kier molecular flexibility index (Phi) is 4.79. The number of aromatic nitrogens is 1. The van der Waals surface area contributed by atoms with Crippen molar-refractivity contribution in [2.45, 2.75) is 6.54 Å². The minimum absolute atomic E-state index is 0.153. The minimum Gasteiger partial charge on any atom is -0.508 e. The fraction of sp³-hybridized carbons (Fsp3) is 0.300. The molecule has 0 bridgehead atoms. The SMILES string of the molecule is CN1CCN(Cc2cc(C(=O)Nc3cccc4ccc(O)cc34)no2)CC1. The molecule has 2 aromatic carbocycles. The number of carbonyl (C=O) groups excluding carboxylic acids is 1. The normalized spacial score (nSPS) is 15.9. The van der Waals surface area contributed by atoms with Crippen molar-refractivity contribution in [3.63, 3.8) is 0 Å². The number of amides is 1. The molecular formula is C20H22N4O3. The van der Waals surface area contributed by atoms with Crippen molar-refractivity contribution in [2.75, 3.05) is 38.5 Å². The van der Waals surface area contributed by atoms with Gasteiger partial charge in [-0.15, -0.1) is 0 Å². The van der Waals surface area contributed by atoms with Gasteiger partial charge in [-0.05, 0) is 30.6 Å². The van der Waals surface area contributed by atoms with E-state index in [1.54, 1.807) is 24.3 Å². The Balaban J connectivity index is 1.46. The summed E-state index contributed by atoms with van der Waals surface area (Å²) in [4.78, 5) is 17.2. The molecule has 7 heteroatoms. The Morgan fingerprint density at radius 1 is 1.19 bits per heavy atom. The molecule has 3 aromatic rings. The number of phenols is 1. The summed E-state index contributed by atoms with van der Waals surface area (Å²) in [5.41, 5.74) is 0.869. The van der Waals surface area contributed by atoms with E-state index in [9.17, 15) is 9.90 Å². The number of likely N-dealkylation sites (N-methyl/N-ethyl adjacent to an activating group) is 1. The molecule has 2 N–H and O–H groups in total. The fourth-order valence-corrected chi connectivity index (χ4v) is 3.28. The van der Waals surface area contributed by atoms with Gasteiger partial charge in [0.15, 0.2) is 11.5 Å². The first-order valence-corrected chi connectivity index (χ1v) is 8.98. The van der Waals surface area contributed by atoms with E-state index in [-0.39, 0.29) is 17.4 Å². The number of anilines is 1. The van der Waals surface area contributed by atoms with Gasteiger partial charge in [0.05, 0.1) is 6.54 Å².